The van der Waals surface area contributed by atoms with Gasteiger partial charge in [-0.2, -0.15) is 0 Å². The third kappa shape index (κ3) is 4.53. The molecule has 11 nitrogen and oxygen atoms in total. The Morgan fingerprint density at radius 2 is 2.07 bits per heavy atom. The molecule has 2 aromatic rings. The van der Waals surface area contributed by atoms with Crippen LogP contribution in [0.1, 0.15) is 46.5 Å². The number of nitrogens with zero attached hydrogens (tertiary/aromatic N) is 5. The van der Waals surface area contributed by atoms with Crippen LogP contribution in [0.4, 0.5) is 0 Å². The molecule has 0 saturated carbocycles. The molecule has 2 amide bonds. The van der Waals surface area contributed by atoms with E-state index in [1.54, 1.807) is 21.7 Å². The van der Waals surface area contributed by atoms with Gasteiger partial charge in [0.1, 0.15) is 29.7 Å². The van der Waals surface area contributed by atoms with Crippen molar-refractivity contribution in [3.63, 3.8) is 0 Å². The second-order valence-corrected chi connectivity index (χ2v) is 11.9. The van der Waals surface area contributed by atoms with Crippen LogP contribution in [0.25, 0.3) is 11.0 Å². The third-order valence-corrected chi connectivity index (χ3v) is 9.50. The Labute approximate surface area is 246 Å². The molecule has 42 heavy (non-hydrogen) atoms. The first-order chi connectivity index (χ1) is 20.2. The number of hydrogen-bond donors (Lipinski definition) is 1. The number of allylic oxidation sites excluding steroid dienone is 1. The van der Waals surface area contributed by atoms with Crippen LogP contribution in [0.5, 0.6) is 0 Å². The number of carbonyl (C=O) groups excluding carboxylic acids is 3. The number of fused-ring (bicyclic) bond motifs is 2. The van der Waals surface area contributed by atoms with Crippen LogP contribution < -0.4 is 0 Å². The Balaban J connectivity index is 1.55. The van der Waals surface area contributed by atoms with E-state index in [2.05, 4.69) is 23.5 Å². The maximum absolute atomic E-state index is 14.7. The van der Waals surface area contributed by atoms with E-state index in [0.29, 0.717) is 31.2 Å². The second-order valence-electron chi connectivity index (χ2n) is 11.9. The molecule has 1 aromatic carbocycles. The molecule has 11 heteroatoms. The van der Waals surface area contributed by atoms with Crippen molar-refractivity contribution in [2.75, 3.05) is 19.8 Å². The van der Waals surface area contributed by atoms with Crippen molar-refractivity contribution in [2.24, 2.45) is 17.8 Å². The van der Waals surface area contributed by atoms with Gasteiger partial charge in [-0.15, -0.1) is 18.3 Å². The minimum absolute atomic E-state index is 0.0716. The van der Waals surface area contributed by atoms with Crippen LogP contribution in [0.2, 0.25) is 0 Å². The zero-order valence-electron chi connectivity index (χ0n) is 24.6. The third-order valence-electron chi connectivity index (χ3n) is 9.50. The highest BCUT2D eigenvalue weighted by atomic mass is 16.6. The van der Waals surface area contributed by atoms with Crippen LogP contribution in [-0.4, -0.2) is 90.7 Å². The summed E-state index contributed by atoms with van der Waals surface area (Å²) in [5.74, 6) is -3.10. The number of likely N-dealkylation sites (tertiary alicyclic amines) is 1. The summed E-state index contributed by atoms with van der Waals surface area (Å²) in [6.45, 7) is 13.4. The van der Waals surface area contributed by atoms with E-state index in [-0.39, 0.29) is 44.2 Å². The molecule has 3 aliphatic rings. The number of rotatable bonds is 13. The molecule has 5 rings (SSSR count). The van der Waals surface area contributed by atoms with Crippen molar-refractivity contribution in [3.05, 3.63) is 49.6 Å². The number of unbranched alkanes of at least 4 members (excludes halogenated alkanes) is 1. The molecule has 1 spiro atoms. The Morgan fingerprint density at radius 1 is 1.31 bits per heavy atom. The van der Waals surface area contributed by atoms with Gasteiger partial charge in [0.05, 0.1) is 36.3 Å². The van der Waals surface area contributed by atoms with E-state index in [1.807, 2.05) is 45.0 Å². The van der Waals surface area contributed by atoms with Gasteiger partial charge in [0.2, 0.25) is 11.8 Å². The average Bonchev–Trinajstić information content (AvgIpc) is 3.65. The highest BCUT2D eigenvalue weighted by Gasteiger charge is 2.80. The number of hydrogen-bond acceptors (Lipinski definition) is 8. The summed E-state index contributed by atoms with van der Waals surface area (Å²) in [6.07, 6.45) is 5.56. The van der Waals surface area contributed by atoms with E-state index >= 15 is 0 Å². The number of ether oxygens (including phenoxy) is 2. The van der Waals surface area contributed by atoms with E-state index in [0.717, 1.165) is 5.52 Å². The van der Waals surface area contributed by atoms with E-state index in [4.69, 9.17) is 9.47 Å². The van der Waals surface area contributed by atoms with E-state index in [9.17, 15) is 19.5 Å². The van der Waals surface area contributed by atoms with Crippen molar-refractivity contribution < 1.29 is 29.0 Å². The molecule has 0 aliphatic carbocycles. The number of aliphatic hydroxyl groups is 1. The van der Waals surface area contributed by atoms with Gasteiger partial charge >= 0.3 is 5.97 Å². The van der Waals surface area contributed by atoms with Crippen molar-refractivity contribution in [3.8, 4) is 0 Å². The van der Waals surface area contributed by atoms with Crippen molar-refractivity contribution in [1.82, 2.24) is 24.8 Å². The fourth-order valence-corrected chi connectivity index (χ4v) is 7.34. The van der Waals surface area contributed by atoms with E-state index in [1.165, 1.54) is 4.90 Å². The number of aromatic nitrogens is 3. The minimum Gasteiger partial charge on any atom is -0.465 e. The Bertz CT molecular complexity index is 1370. The maximum Gasteiger partial charge on any atom is 0.312 e. The first-order valence-corrected chi connectivity index (χ1v) is 14.8. The van der Waals surface area contributed by atoms with Crippen LogP contribution in [0.3, 0.4) is 0 Å². The molecule has 3 saturated heterocycles. The number of amides is 2. The summed E-state index contributed by atoms with van der Waals surface area (Å²) in [6, 6.07) is 5.78. The smallest absolute Gasteiger partial charge is 0.312 e. The summed E-state index contributed by atoms with van der Waals surface area (Å²) < 4.78 is 14.1. The number of para-hydroxylation sites is 1. The Morgan fingerprint density at radius 3 is 2.76 bits per heavy atom. The molecular weight excluding hydrogens is 538 g/mol. The normalized spacial score (nSPS) is 30.4. The van der Waals surface area contributed by atoms with Crippen molar-refractivity contribution in [1.29, 1.82) is 0 Å². The van der Waals surface area contributed by atoms with Gasteiger partial charge in [0.25, 0.3) is 0 Å². The standard InChI is InChI=1S/C31H41N5O6/c1-6-9-12-16-41-29(40)25-24-27(38)36(21(8-3)18-37)26(31(24)17-20(4)30(25,5)42-31)28(39)34(15-7-2)19-35-23-14-11-10-13-22(23)32-33-35/h6-7,10-11,13-14,20-21,24-26,37H,1-2,8-9,12,15-19H2,3-5H3/t20?,21-,24-,25-,26?,30+,31?/m0/s1. The first-order valence-electron chi connectivity index (χ1n) is 14.8. The average molecular weight is 580 g/mol. The largest absolute Gasteiger partial charge is 0.465 e. The van der Waals surface area contributed by atoms with Gasteiger partial charge < -0.3 is 24.4 Å². The summed E-state index contributed by atoms with van der Waals surface area (Å²) >= 11 is 0. The van der Waals surface area contributed by atoms with Gasteiger partial charge in [-0.1, -0.05) is 43.3 Å². The predicted octanol–water partition coefficient (Wildman–Crippen LogP) is 2.69. The lowest BCUT2D eigenvalue weighted by Crippen LogP contribution is -2.59. The maximum atomic E-state index is 14.7. The lowest BCUT2D eigenvalue weighted by Gasteiger charge is -2.39. The molecule has 1 N–H and O–H groups in total. The van der Waals surface area contributed by atoms with Gasteiger partial charge in [-0.3, -0.25) is 14.4 Å². The molecular formula is C31H41N5O6. The molecule has 3 aliphatic heterocycles. The molecule has 1 aromatic heterocycles. The molecule has 2 bridgehead atoms. The molecule has 4 heterocycles. The number of benzene rings is 1. The molecule has 0 radical (unpaired) electrons. The van der Waals surface area contributed by atoms with Crippen molar-refractivity contribution in [2.45, 2.75) is 76.4 Å². The van der Waals surface area contributed by atoms with Gasteiger partial charge in [-0.05, 0) is 50.7 Å². The SMILES string of the molecule is C=CCCCOC(=O)[C@@H]1[C@H]2C(=O)N([C@@H](CC)CO)C(C(=O)N(CC=C)Cn3nnc4ccccc43)C23CC(C)[C@@]1(C)O3. The fraction of sp³-hybridized carbons (Fsp3) is 0.581. The summed E-state index contributed by atoms with van der Waals surface area (Å²) in [7, 11) is 0. The van der Waals surface area contributed by atoms with Crippen LogP contribution in [0.15, 0.2) is 49.6 Å². The quantitative estimate of drug-likeness (QED) is 0.218. The zero-order valence-corrected chi connectivity index (χ0v) is 24.6. The highest BCUT2D eigenvalue weighted by Crippen LogP contribution is 2.65. The Kier molecular flexibility index (Phi) is 8.26. The lowest BCUT2D eigenvalue weighted by atomic mass is 9.62. The predicted molar refractivity (Wildman–Crippen MR) is 155 cm³/mol. The van der Waals surface area contributed by atoms with Crippen LogP contribution >= 0.6 is 0 Å². The van der Waals surface area contributed by atoms with E-state index < -0.39 is 41.1 Å². The zero-order chi connectivity index (χ0) is 30.2. The molecule has 3 fully saturated rings. The topological polar surface area (TPSA) is 127 Å². The number of carbonyl (C=O) groups is 3. The number of aliphatic hydroxyl groups excluding tert-OH is 1. The van der Waals surface area contributed by atoms with Gasteiger partial charge in [-0.25, -0.2) is 4.68 Å². The van der Waals surface area contributed by atoms with Crippen LogP contribution in [0, 0.1) is 17.8 Å². The molecule has 3 unspecified atom stereocenters. The molecule has 7 atom stereocenters. The van der Waals surface area contributed by atoms with Crippen molar-refractivity contribution >= 4 is 28.8 Å². The minimum atomic E-state index is -1.25. The summed E-state index contributed by atoms with van der Waals surface area (Å²) in [5.41, 5.74) is -0.776. The second kappa shape index (κ2) is 11.6. The summed E-state index contributed by atoms with van der Waals surface area (Å²) in [5, 5.41) is 18.8. The lowest BCUT2D eigenvalue weighted by molar-refractivity contribution is -0.164. The van der Waals surface area contributed by atoms with Crippen LogP contribution in [-0.2, 0) is 30.5 Å². The first kappa shape index (κ1) is 29.9. The monoisotopic (exact) mass is 579 g/mol. The fourth-order valence-electron chi connectivity index (χ4n) is 7.34. The summed E-state index contributed by atoms with van der Waals surface area (Å²) in [4.78, 5) is 45.7. The molecule has 226 valence electrons. The van der Waals surface area contributed by atoms with Gasteiger partial charge in [0, 0.05) is 6.54 Å². The highest BCUT2D eigenvalue weighted by molar-refractivity contribution is 5.98. The Hall–Kier alpha value is -3.57. The number of esters is 1. The van der Waals surface area contributed by atoms with Gasteiger partial charge in [0.15, 0.2) is 0 Å².